The summed E-state index contributed by atoms with van der Waals surface area (Å²) in [5, 5.41) is 0. The standard InChI is InChI=1S/C24H40.C4H10.C3H8.C2H6/c1-6-17-7-8-21-18-12-14-24(5)20(16(2)3)9-10-22(24)19(18)11-13-23(21,4)15-17;1-3-4-2;1-3-2;1-2/h17-22H,2,6-15H2,1,3-5H3;3-4H2,1-2H3;3H2,1-2H3;1-2H3. The molecule has 0 saturated heterocycles. The summed E-state index contributed by atoms with van der Waals surface area (Å²) in [5.74, 6) is 6.00. The Morgan fingerprint density at radius 2 is 1.27 bits per heavy atom. The molecule has 8 unspecified atom stereocenters. The average Bonchev–Trinajstić information content (AvgIpc) is 3.17. The fraction of sp³-hybridized carbons (Fsp3) is 0.939. The van der Waals surface area contributed by atoms with Crippen LogP contribution in [0.2, 0.25) is 0 Å². The normalized spacial score (nSPS) is 40.8. The summed E-state index contributed by atoms with van der Waals surface area (Å²) in [6.07, 6.45) is 18.9. The van der Waals surface area contributed by atoms with E-state index >= 15 is 0 Å². The number of hydrogen-bond donors (Lipinski definition) is 0. The Labute approximate surface area is 211 Å². The van der Waals surface area contributed by atoms with Crippen LogP contribution in [-0.2, 0) is 0 Å². The van der Waals surface area contributed by atoms with Crippen LogP contribution in [0.15, 0.2) is 12.2 Å². The first-order valence-electron chi connectivity index (χ1n) is 15.4. The number of hydrogen-bond acceptors (Lipinski definition) is 0. The van der Waals surface area contributed by atoms with Crippen molar-refractivity contribution in [2.24, 2.45) is 46.3 Å². The van der Waals surface area contributed by atoms with E-state index in [-0.39, 0.29) is 0 Å². The molecule has 0 aromatic carbocycles. The van der Waals surface area contributed by atoms with Crippen LogP contribution in [-0.4, -0.2) is 0 Å². The summed E-state index contributed by atoms with van der Waals surface area (Å²) in [6.45, 7) is 27.0. The largest absolute Gasteiger partial charge is 0.0998 e. The third-order valence-electron chi connectivity index (χ3n) is 10.3. The fourth-order valence-corrected chi connectivity index (χ4v) is 8.58. The molecule has 0 aromatic heterocycles. The predicted molar refractivity (Wildman–Crippen MR) is 152 cm³/mol. The van der Waals surface area contributed by atoms with Crippen LogP contribution in [0.3, 0.4) is 0 Å². The molecule has 4 aliphatic carbocycles. The van der Waals surface area contributed by atoms with Crippen molar-refractivity contribution >= 4 is 0 Å². The summed E-state index contributed by atoms with van der Waals surface area (Å²) in [6, 6.07) is 0. The lowest BCUT2D eigenvalue weighted by Gasteiger charge is -2.60. The van der Waals surface area contributed by atoms with Gasteiger partial charge in [-0.25, -0.2) is 0 Å². The van der Waals surface area contributed by atoms with Crippen molar-refractivity contribution in [2.45, 2.75) is 153 Å². The van der Waals surface area contributed by atoms with Crippen molar-refractivity contribution < 1.29 is 0 Å². The molecule has 4 fully saturated rings. The molecule has 0 nitrogen and oxygen atoms in total. The molecule has 0 heteroatoms. The molecule has 4 rings (SSSR count). The van der Waals surface area contributed by atoms with Gasteiger partial charge in [0.25, 0.3) is 0 Å². The maximum absolute atomic E-state index is 4.37. The van der Waals surface area contributed by atoms with E-state index in [2.05, 4.69) is 62.0 Å². The van der Waals surface area contributed by atoms with Gasteiger partial charge in [0.15, 0.2) is 0 Å². The minimum absolute atomic E-state index is 0.585. The Hall–Kier alpha value is -0.260. The Balaban J connectivity index is 0.000000528. The first kappa shape index (κ1) is 30.8. The van der Waals surface area contributed by atoms with Crippen molar-refractivity contribution in [3.05, 3.63) is 12.2 Å². The molecular formula is C33H64. The highest BCUT2D eigenvalue weighted by atomic mass is 14.6. The lowest BCUT2D eigenvalue weighted by Crippen LogP contribution is -2.52. The van der Waals surface area contributed by atoms with Crippen LogP contribution in [0, 0.1) is 46.3 Å². The zero-order chi connectivity index (χ0) is 25.2. The van der Waals surface area contributed by atoms with E-state index in [1.54, 1.807) is 6.42 Å². The topological polar surface area (TPSA) is 0 Å². The maximum atomic E-state index is 4.37. The van der Waals surface area contributed by atoms with Crippen molar-refractivity contribution in [2.75, 3.05) is 0 Å². The van der Waals surface area contributed by atoms with Gasteiger partial charge in [-0.15, -0.1) is 0 Å². The summed E-state index contributed by atoms with van der Waals surface area (Å²) >= 11 is 0. The van der Waals surface area contributed by atoms with Gasteiger partial charge in [0.05, 0.1) is 0 Å². The van der Waals surface area contributed by atoms with E-state index in [4.69, 9.17) is 0 Å². The van der Waals surface area contributed by atoms with Gasteiger partial charge in [-0.05, 0) is 105 Å². The van der Waals surface area contributed by atoms with E-state index < -0.39 is 0 Å². The van der Waals surface area contributed by atoms with E-state index in [0.717, 1.165) is 35.5 Å². The monoisotopic (exact) mass is 461 g/mol. The summed E-state index contributed by atoms with van der Waals surface area (Å²) in [7, 11) is 0. The van der Waals surface area contributed by atoms with Gasteiger partial charge in [-0.2, -0.15) is 0 Å². The molecule has 4 aliphatic rings. The van der Waals surface area contributed by atoms with Crippen LogP contribution < -0.4 is 0 Å². The van der Waals surface area contributed by atoms with E-state index in [1.165, 1.54) is 82.6 Å². The second kappa shape index (κ2) is 14.3. The molecule has 0 amide bonds. The van der Waals surface area contributed by atoms with Gasteiger partial charge < -0.3 is 0 Å². The highest BCUT2D eigenvalue weighted by Crippen LogP contribution is 2.67. The molecule has 33 heavy (non-hydrogen) atoms. The molecule has 0 aromatic rings. The zero-order valence-electron chi connectivity index (χ0n) is 24.9. The minimum Gasteiger partial charge on any atom is -0.0998 e. The Bertz CT molecular complexity index is 544. The fourth-order valence-electron chi connectivity index (χ4n) is 8.58. The minimum atomic E-state index is 0.585. The first-order chi connectivity index (χ1) is 15.7. The third-order valence-corrected chi connectivity index (χ3v) is 10.3. The van der Waals surface area contributed by atoms with Gasteiger partial charge in [-0.3, -0.25) is 0 Å². The van der Waals surface area contributed by atoms with Gasteiger partial charge in [0.1, 0.15) is 0 Å². The summed E-state index contributed by atoms with van der Waals surface area (Å²) in [4.78, 5) is 0. The maximum Gasteiger partial charge on any atom is -0.0152 e. The lowest BCUT2D eigenvalue weighted by atomic mass is 9.45. The molecule has 4 saturated carbocycles. The Kier molecular flexibility index (Phi) is 13.4. The van der Waals surface area contributed by atoms with Crippen molar-refractivity contribution in [1.29, 1.82) is 0 Å². The van der Waals surface area contributed by atoms with Crippen LogP contribution in [0.4, 0.5) is 0 Å². The third kappa shape index (κ3) is 6.91. The highest BCUT2D eigenvalue weighted by molar-refractivity contribution is 5.14. The van der Waals surface area contributed by atoms with Crippen molar-refractivity contribution in [3.63, 3.8) is 0 Å². The van der Waals surface area contributed by atoms with E-state index in [1.807, 2.05) is 13.8 Å². The van der Waals surface area contributed by atoms with Crippen LogP contribution in [0.1, 0.15) is 153 Å². The molecule has 0 heterocycles. The Morgan fingerprint density at radius 1 is 0.758 bits per heavy atom. The molecule has 196 valence electrons. The molecular weight excluding hydrogens is 396 g/mol. The smallest absolute Gasteiger partial charge is 0.0152 e. The molecule has 0 N–H and O–H groups in total. The second-order valence-electron chi connectivity index (χ2n) is 12.5. The second-order valence-corrected chi connectivity index (χ2v) is 12.5. The van der Waals surface area contributed by atoms with Crippen LogP contribution in [0.5, 0.6) is 0 Å². The van der Waals surface area contributed by atoms with Gasteiger partial charge in [-0.1, -0.05) is 107 Å². The van der Waals surface area contributed by atoms with Crippen LogP contribution in [0.25, 0.3) is 0 Å². The van der Waals surface area contributed by atoms with Gasteiger partial charge in [0.2, 0.25) is 0 Å². The SMILES string of the molecule is C=C(C)C1CCC2C3CCC4(C)CC(CC)CCC4C3CCC12C.CC.CCC.CCCC. The van der Waals surface area contributed by atoms with Crippen molar-refractivity contribution in [3.8, 4) is 0 Å². The lowest BCUT2D eigenvalue weighted by molar-refractivity contribution is -0.102. The van der Waals surface area contributed by atoms with Crippen molar-refractivity contribution in [1.82, 2.24) is 0 Å². The number of allylic oxidation sites excluding steroid dienone is 1. The molecule has 0 bridgehead atoms. The predicted octanol–water partition coefficient (Wildman–Crippen LogP) is 11.5. The highest BCUT2D eigenvalue weighted by Gasteiger charge is 2.58. The quantitative estimate of drug-likeness (QED) is 0.367. The number of fused-ring (bicyclic) bond motifs is 5. The van der Waals surface area contributed by atoms with Crippen LogP contribution >= 0.6 is 0 Å². The van der Waals surface area contributed by atoms with E-state index in [0.29, 0.717) is 10.8 Å². The van der Waals surface area contributed by atoms with E-state index in [9.17, 15) is 0 Å². The zero-order valence-corrected chi connectivity index (χ0v) is 24.9. The Morgan fingerprint density at radius 3 is 1.79 bits per heavy atom. The summed E-state index contributed by atoms with van der Waals surface area (Å²) in [5.41, 5.74) is 2.74. The molecule has 8 atom stereocenters. The average molecular weight is 461 g/mol. The number of unbranched alkanes of at least 4 members (excludes halogenated alkanes) is 1. The molecule has 0 radical (unpaired) electrons. The first-order valence-corrected chi connectivity index (χ1v) is 15.4. The summed E-state index contributed by atoms with van der Waals surface area (Å²) < 4.78 is 0. The number of rotatable bonds is 3. The van der Waals surface area contributed by atoms with Gasteiger partial charge >= 0.3 is 0 Å². The molecule has 0 aliphatic heterocycles. The molecule has 0 spiro atoms. The van der Waals surface area contributed by atoms with Gasteiger partial charge in [0, 0.05) is 0 Å².